The highest BCUT2D eigenvalue weighted by Crippen LogP contribution is 2.36. The van der Waals surface area contributed by atoms with Gasteiger partial charge in [0.2, 0.25) is 5.91 Å². The van der Waals surface area contributed by atoms with E-state index in [2.05, 4.69) is 28.5 Å². The van der Waals surface area contributed by atoms with Crippen molar-refractivity contribution >= 4 is 45.3 Å². The minimum absolute atomic E-state index is 0.165. The number of methoxy groups -OCH3 is 1. The van der Waals surface area contributed by atoms with Crippen LogP contribution in [0, 0.1) is 6.92 Å². The Bertz CT molecular complexity index is 1510. The van der Waals surface area contributed by atoms with Gasteiger partial charge < -0.3 is 19.0 Å². The molecule has 5 rings (SSSR count). The van der Waals surface area contributed by atoms with Crippen molar-refractivity contribution in [3.05, 3.63) is 66.2 Å². The van der Waals surface area contributed by atoms with E-state index in [1.54, 1.807) is 7.11 Å². The highest BCUT2D eigenvalue weighted by Gasteiger charge is 2.17. The molecular formula is C26H24N4O3S. The Morgan fingerprint density at radius 1 is 1.06 bits per heavy atom. The maximum absolute atomic E-state index is 12.8. The highest BCUT2D eigenvalue weighted by molar-refractivity contribution is 7.99. The molecule has 0 aliphatic heterocycles. The van der Waals surface area contributed by atoms with Gasteiger partial charge in [0, 0.05) is 28.9 Å². The van der Waals surface area contributed by atoms with Gasteiger partial charge in [-0.2, -0.15) is 0 Å². The van der Waals surface area contributed by atoms with Gasteiger partial charge in [-0.15, -0.1) is 10.2 Å². The molecule has 0 fully saturated rings. The molecule has 0 unspecified atom stereocenters. The third kappa shape index (κ3) is 4.01. The first kappa shape index (κ1) is 22.0. The van der Waals surface area contributed by atoms with Crippen molar-refractivity contribution in [3.8, 4) is 17.1 Å². The Balaban J connectivity index is 1.35. The number of hydrogen-bond donors (Lipinski definition) is 1. The number of aromatic nitrogens is 3. The van der Waals surface area contributed by atoms with Gasteiger partial charge in [0.05, 0.1) is 18.6 Å². The molecule has 0 bridgehead atoms. The minimum atomic E-state index is -0.165. The number of aryl methyl sites for hydroxylation is 1. The van der Waals surface area contributed by atoms with Crippen LogP contribution in [0.25, 0.3) is 33.3 Å². The van der Waals surface area contributed by atoms with E-state index < -0.39 is 0 Å². The van der Waals surface area contributed by atoms with Crippen LogP contribution in [0.3, 0.4) is 0 Å². The second kappa shape index (κ2) is 9.23. The van der Waals surface area contributed by atoms with Crippen LogP contribution in [-0.2, 0) is 11.3 Å². The first-order valence-corrected chi connectivity index (χ1v) is 12.0. The summed E-state index contributed by atoms with van der Waals surface area (Å²) < 4.78 is 13.5. The van der Waals surface area contributed by atoms with E-state index in [1.165, 1.54) is 11.8 Å². The van der Waals surface area contributed by atoms with E-state index in [1.807, 2.05) is 66.1 Å². The Labute approximate surface area is 201 Å². The molecule has 1 amide bonds. The number of rotatable bonds is 7. The van der Waals surface area contributed by atoms with Crippen molar-refractivity contribution in [1.82, 2.24) is 14.8 Å². The number of fused-ring (bicyclic) bond motifs is 3. The number of benzene rings is 3. The van der Waals surface area contributed by atoms with Crippen LogP contribution in [0.15, 0.2) is 70.2 Å². The first-order chi connectivity index (χ1) is 16.6. The van der Waals surface area contributed by atoms with Crippen molar-refractivity contribution in [1.29, 1.82) is 0 Å². The van der Waals surface area contributed by atoms with E-state index in [0.29, 0.717) is 28.7 Å². The lowest BCUT2D eigenvalue weighted by Gasteiger charge is -2.11. The van der Waals surface area contributed by atoms with Crippen LogP contribution in [0.2, 0.25) is 0 Å². The van der Waals surface area contributed by atoms with Gasteiger partial charge in [0.15, 0.2) is 11.0 Å². The molecule has 3 aromatic carbocycles. The number of nitrogens with one attached hydrogen (secondary N) is 1. The molecule has 0 atom stereocenters. The Kier molecular flexibility index (Phi) is 5.98. The molecule has 0 aliphatic carbocycles. The van der Waals surface area contributed by atoms with Crippen molar-refractivity contribution in [2.24, 2.45) is 0 Å². The maximum Gasteiger partial charge on any atom is 0.234 e. The summed E-state index contributed by atoms with van der Waals surface area (Å²) in [4.78, 5) is 12.8. The summed E-state index contributed by atoms with van der Waals surface area (Å²) in [5.41, 5.74) is 4.22. The molecule has 0 spiro atoms. The zero-order chi connectivity index (χ0) is 23.7. The van der Waals surface area contributed by atoms with Crippen molar-refractivity contribution < 1.29 is 13.9 Å². The third-order valence-electron chi connectivity index (χ3n) is 5.72. The van der Waals surface area contributed by atoms with E-state index in [0.717, 1.165) is 33.3 Å². The number of amides is 1. The summed E-state index contributed by atoms with van der Waals surface area (Å²) in [6, 6.07) is 19.6. The SMILES string of the molecule is CCn1c(SCC(=O)Nc2cc3oc4ccccc4c3cc2OC)nnc1-c1ccccc1C. The summed E-state index contributed by atoms with van der Waals surface area (Å²) in [6.07, 6.45) is 0. The largest absolute Gasteiger partial charge is 0.495 e. The quantitative estimate of drug-likeness (QED) is 0.297. The van der Waals surface area contributed by atoms with Crippen LogP contribution in [-0.4, -0.2) is 33.5 Å². The van der Waals surface area contributed by atoms with Crippen LogP contribution < -0.4 is 10.1 Å². The van der Waals surface area contributed by atoms with Gasteiger partial charge in [0.25, 0.3) is 0 Å². The standard InChI is InChI=1S/C26H24N4O3S/c1-4-30-25(17-10-6-5-9-16(17)2)28-29-26(30)34-15-24(31)27-20-14-22-19(13-23(20)32-3)18-11-7-8-12-21(18)33-22/h5-14H,4,15H2,1-3H3,(H,27,31). The van der Waals surface area contributed by atoms with Crippen LogP contribution in [0.4, 0.5) is 5.69 Å². The summed E-state index contributed by atoms with van der Waals surface area (Å²) in [7, 11) is 1.59. The zero-order valence-electron chi connectivity index (χ0n) is 19.2. The fourth-order valence-electron chi connectivity index (χ4n) is 4.04. The predicted molar refractivity (Wildman–Crippen MR) is 135 cm³/mol. The van der Waals surface area contributed by atoms with Crippen molar-refractivity contribution in [2.45, 2.75) is 25.5 Å². The molecule has 7 nitrogen and oxygen atoms in total. The summed E-state index contributed by atoms with van der Waals surface area (Å²) in [5, 5.41) is 14.3. The number of nitrogens with zero attached hydrogens (tertiary/aromatic N) is 3. The second-order valence-electron chi connectivity index (χ2n) is 7.85. The lowest BCUT2D eigenvalue weighted by molar-refractivity contribution is -0.113. The predicted octanol–water partition coefficient (Wildman–Crippen LogP) is 5.91. The van der Waals surface area contributed by atoms with Crippen LogP contribution in [0.5, 0.6) is 5.75 Å². The van der Waals surface area contributed by atoms with E-state index in [9.17, 15) is 4.79 Å². The molecule has 0 saturated heterocycles. The monoisotopic (exact) mass is 472 g/mol. The van der Waals surface area contributed by atoms with Crippen molar-refractivity contribution in [3.63, 3.8) is 0 Å². The normalized spacial score (nSPS) is 11.3. The number of thioether (sulfide) groups is 1. The number of carbonyl (C=O) groups is 1. The second-order valence-corrected chi connectivity index (χ2v) is 8.79. The molecule has 2 heterocycles. The molecule has 8 heteroatoms. The lowest BCUT2D eigenvalue weighted by Crippen LogP contribution is -2.15. The average molecular weight is 473 g/mol. The first-order valence-electron chi connectivity index (χ1n) is 11.0. The van der Waals surface area contributed by atoms with E-state index in [4.69, 9.17) is 9.15 Å². The fraction of sp³-hybridized carbons (Fsp3) is 0.192. The summed E-state index contributed by atoms with van der Waals surface area (Å²) in [6.45, 7) is 4.80. The van der Waals surface area contributed by atoms with Gasteiger partial charge in [-0.25, -0.2) is 0 Å². The smallest absolute Gasteiger partial charge is 0.234 e. The Morgan fingerprint density at radius 3 is 2.65 bits per heavy atom. The highest BCUT2D eigenvalue weighted by atomic mass is 32.2. The molecule has 34 heavy (non-hydrogen) atoms. The van der Waals surface area contributed by atoms with Gasteiger partial charge in [-0.05, 0) is 31.5 Å². The number of ether oxygens (including phenoxy) is 1. The molecule has 5 aromatic rings. The summed E-state index contributed by atoms with van der Waals surface area (Å²) in [5.74, 6) is 1.41. The molecular weight excluding hydrogens is 448 g/mol. The zero-order valence-corrected chi connectivity index (χ0v) is 20.0. The molecule has 1 N–H and O–H groups in total. The molecule has 2 aromatic heterocycles. The number of anilines is 1. The van der Waals surface area contributed by atoms with Gasteiger partial charge in [0.1, 0.15) is 16.9 Å². The van der Waals surface area contributed by atoms with Gasteiger partial charge >= 0.3 is 0 Å². The lowest BCUT2D eigenvalue weighted by atomic mass is 10.1. The van der Waals surface area contributed by atoms with E-state index >= 15 is 0 Å². The maximum atomic E-state index is 12.8. The topological polar surface area (TPSA) is 82.2 Å². The fourth-order valence-corrected chi connectivity index (χ4v) is 4.84. The molecule has 0 aliphatic rings. The van der Waals surface area contributed by atoms with E-state index in [-0.39, 0.29) is 11.7 Å². The van der Waals surface area contributed by atoms with Crippen LogP contribution >= 0.6 is 11.8 Å². The van der Waals surface area contributed by atoms with Gasteiger partial charge in [-0.3, -0.25) is 4.79 Å². The molecule has 0 saturated carbocycles. The number of hydrogen-bond acceptors (Lipinski definition) is 6. The molecule has 0 radical (unpaired) electrons. The third-order valence-corrected chi connectivity index (χ3v) is 6.69. The summed E-state index contributed by atoms with van der Waals surface area (Å²) >= 11 is 1.35. The minimum Gasteiger partial charge on any atom is -0.495 e. The average Bonchev–Trinajstić information content (AvgIpc) is 3.42. The Hall–Kier alpha value is -3.78. The molecule has 172 valence electrons. The van der Waals surface area contributed by atoms with Gasteiger partial charge in [-0.1, -0.05) is 54.2 Å². The number of para-hydroxylation sites is 1. The van der Waals surface area contributed by atoms with Crippen molar-refractivity contribution in [2.75, 3.05) is 18.2 Å². The number of furan rings is 1. The van der Waals surface area contributed by atoms with Crippen LogP contribution in [0.1, 0.15) is 12.5 Å². The Morgan fingerprint density at radius 2 is 1.85 bits per heavy atom. The number of carbonyl (C=O) groups excluding carboxylic acids is 1.